The number of rotatable bonds is 8. The quantitative estimate of drug-likeness (QED) is 0.192. The lowest BCUT2D eigenvalue weighted by molar-refractivity contribution is -0.127. The number of aromatic nitrogens is 4. The highest BCUT2D eigenvalue weighted by Gasteiger charge is 2.39. The first-order chi connectivity index (χ1) is 23.6. The van der Waals surface area contributed by atoms with Crippen molar-refractivity contribution < 1.29 is 22.7 Å². The van der Waals surface area contributed by atoms with E-state index in [-0.39, 0.29) is 54.6 Å². The zero-order chi connectivity index (χ0) is 34.3. The largest absolute Gasteiger partial charge is 0.448 e. The zero-order valence-corrected chi connectivity index (χ0v) is 27.2. The number of imidazole rings is 1. The number of sulfonamides is 1. The van der Waals surface area contributed by atoms with Crippen molar-refractivity contribution in [2.75, 3.05) is 13.2 Å². The Bertz CT molecular complexity index is 2250. The van der Waals surface area contributed by atoms with Crippen molar-refractivity contribution in [3.63, 3.8) is 0 Å². The molecule has 3 heterocycles. The van der Waals surface area contributed by atoms with Gasteiger partial charge in [0.1, 0.15) is 12.3 Å². The Kier molecular flexibility index (Phi) is 8.38. The molecule has 0 radical (unpaired) electrons. The molecule has 7 rings (SSSR count). The number of carbonyl (C=O) groups is 2. The highest BCUT2D eigenvalue weighted by molar-refractivity contribution is 7.89. The number of ether oxygens (including phenoxy) is 1. The number of carbonyl (C=O) groups excluding carboxylic acids is 2. The molecule has 0 bridgehead atoms. The minimum absolute atomic E-state index is 0.0108. The van der Waals surface area contributed by atoms with Gasteiger partial charge in [0, 0.05) is 12.5 Å². The molecule has 3 aromatic carbocycles. The molecule has 2 unspecified atom stereocenters. The Balaban J connectivity index is 1.10. The van der Waals surface area contributed by atoms with Crippen LogP contribution in [0.25, 0.3) is 22.3 Å². The minimum atomic E-state index is -4.03. The maximum Gasteiger partial charge on any atom is 0.411 e. The third kappa shape index (κ3) is 6.25. The second-order valence-electron chi connectivity index (χ2n) is 12.2. The smallest absolute Gasteiger partial charge is 0.411 e. The summed E-state index contributed by atoms with van der Waals surface area (Å²) < 4.78 is 36.8. The van der Waals surface area contributed by atoms with Crippen LogP contribution in [0.4, 0.5) is 4.79 Å². The van der Waals surface area contributed by atoms with Crippen LogP contribution in [0.15, 0.2) is 93.6 Å². The van der Waals surface area contributed by atoms with Gasteiger partial charge in [0.2, 0.25) is 15.9 Å². The van der Waals surface area contributed by atoms with Gasteiger partial charge in [-0.3, -0.25) is 29.0 Å². The summed E-state index contributed by atoms with van der Waals surface area (Å²) in [5, 5.41) is 2.77. The number of hydrogen-bond donors (Lipinski definition) is 4. The molecular weight excluding hydrogens is 650 g/mol. The van der Waals surface area contributed by atoms with Crippen molar-refractivity contribution in [1.82, 2.24) is 34.5 Å². The number of hydrogen-bond acceptors (Lipinski definition) is 8. The second-order valence-corrected chi connectivity index (χ2v) is 13.9. The summed E-state index contributed by atoms with van der Waals surface area (Å²) in [4.78, 5) is 61.0. The van der Waals surface area contributed by atoms with Gasteiger partial charge in [-0.2, -0.15) is 4.72 Å². The van der Waals surface area contributed by atoms with E-state index in [1.807, 2.05) is 55.5 Å². The van der Waals surface area contributed by atoms with E-state index < -0.39 is 45.4 Å². The molecule has 5 aromatic rings. The Morgan fingerprint density at radius 1 is 0.939 bits per heavy atom. The van der Waals surface area contributed by atoms with Gasteiger partial charge in [0.15, 0.2) is 5.52 Å². The lowest BCUT2D eigenvalue weighted by atomic mass is 9.95. The molecule has 0 saturated carbocycles. The lowest BCUT2D eigenvalue weighted by Crippen LogP contribution is -2.57. The average Bonchev–Trinajstić information content (AvgIpc) is 3.65. The van der Waals surface area contributed by atoms with Gasteiger partial charge in [-0.15, -0.1) is 0 Å². The number of nitrogens with zero attached hydrogens (tertiary/aromatic N) is 3. The number of benzene rings is 3. The molecule has 2 aromatic heterocycles. The second kappa shape index (κ2) is 12.8. The Labute approximate surface area is 280 Å². The molecule has 15 heteroatoms. The molecule has 2 aliphatic rings. The number of aromatic amines is 2. The summed E-state index contributed by atoms with van der Waals surface area (Å²) in [5.74, 6) is -1.34. The summed E-state index contributed by atoms with van der Waals surface area (Å²) in [7, 11) is -4.03. The fourth-order valence-corrected chi connectivity index (χ4v) is 7.79. The first-order valence-corrected chi connectivity index (χ1v) is 17.2. The molecule has 2 amide bonds. The predicted molar refractivity (Wildman–Crippen MR) is 179 cm³/mol. The van der Waals surface area contributed by atoms with Gasteiger partial charge in [0.25, 0.3) is 5.56 Å². The number of piperidine rings is 1. The maximum atomic E-state index is 13.8. The van der Waals surface area contributed by atoms with Crippen LogP contribution in [0, 0.1) is 12.8 Å². The van der Waals surface area contributed by atoms with Crippen molar-refractivity contribution in [1.29, 1.82) is 0 Å². The van der Waals surface area contributed by atoms with Crippen molar-refractivity contribution in [2.45, 2.75) is 43.4 Å². The van der Waals surface area contributed by atoms with E-state index in [0.29, 0.717) is 0 Å². The van der Waals surface area contributed by atoms with Gasteiger partial charge in [0.05, 0.1) is 30.0 Å². The Morgan fingerprint density at radius 3 is 2.31 bits per heavy atom. The Hall–Kier alpha value is -5.54. The summed E-state index contributed by atoms with van der Waals surface area (Å²) in [6.07, 6.45) is -0.00458. The van der Waals surface area contributed by atoms with E-state index in [0.717, 1.165) is 27.8 Å². The third-order valence-corrected chi connectivity index (χ3v) is 10.6. The first kappa shape index (κ1) is 32.0. The van der Waals surface area contributed by atoms with Crippen molar-refractivity contribution in [3.05, 3.63) is 117 Å². The summed E-state index contributed by atoms with van der Waals surface area (Å²) >= 11 is 0. The number of H-pyrrole nitrogens is 2. The van der Waals surface area contributed by atoms with Crippen LogP contribution in [-0.4, -0.2) is 64.2 Å². The van der Waals surface area contributed by atoms with Gasteiger partial charge in [-0.25, -0.2) is 23.0 Å². The predicted octanol–water partition coefficient (Wildman–Crippen LogP) is 2.76. The molecule has 252 valence electrons. The van der Waals surface area contributed by atoms with E-state index in [2.05, 4.69) is 25.0 Å². The van der Waals surface area contributed by atoms with E-state index in [1.165, 1.54) is 27.9 Å². The van der Waals surface area contributed by atoms with Gasteiger partial charge in [-0.05, 0) is 54.2 Å². The fourth-order valence-electron chi connectivity index (χ4n) is 6.56. The van der Waals surface area contributed by atoms with Crippen LogP contribution < -0.4 is 21.3 Å². The van der Waals surface area contributed by atoms with Crippen LogP contribution >= 0.6 is 0 Å². The summed E-state index contributed by atoms with van der Waals surface area (Å²) in [6, 6.07) is 22.2. The van der Waals surface area contributed by atoms with Gasteiger partial charge >= 0.3 is 11.8 Å². The summed E-state index contributed by atoms with van der Waals surface area (Å²) in [6.45, 7) is 1.64. The molecule has 2 atom stereocenters. The Morgan fingerprint density at radius 2 is 1.61 bits per heavy atom. The van der Waals surface area contributed by atoms with Crippen molar-refractivity contribution in [2.24, 2.45) is 5.92 Å². The minimum Gasteiger partial charge on any atom is -0.448 e. The molecule has 1 aliphatic carbocycles. The normalized spacial score (nSPS) is 17.4. The third-order valence-electron chi connectivity index (χ3n) is 9.08. The fraction of sp³-hybridized carbons (Fsp3) is 0.265. The maximum absolute atomic E-state index is 13.8. The molecular formula is C34H33N7O7S. The first-order valence-electron chi connectivity index (χ1n) is 15.7. The molecule has 4 N–H and O–H groups in total. The van der Waals surface area contributed by atoms with Gasteiger partial charge < -0.3 is 10.1 Å². The zero-order valence-electron chi connectivity index (χ0n) is 26.4. The van der Waals surface area contributed by atoms with Crippen LogP contribution in [-0.2, 0) is 26.2 Å². The summed E-state index contributed by atoms with van der Waals surface area (Å²) in [5.41, 5.74) is 3.87. The van der Waals surface area contributed by atoms with Crippen LogP contribution in [0.1, 0.15) is 35.4 Å². The van der Waals surface area contributed by atoms with E-state index >= 15 is 0 Å². The number of amides is 2. The number of aryl methyl sites for hydroxylation is 1. The standard InChI is InChI=1S/C34H33N7O7S/c1-20-10-13-22(14-11-20)49(46,47)39-28-15-12-21(31(42)36-19-40-18-35-29-30(40)37-33(44)38-32(29)43)16-41(28)34(45)48-17-27-25-8-4-2-6-23(25)24-7-3-5-9-26(24)27/h2-11,13-14,18,21,27-28,39H,12,15-17,19H2,1H3,(H,36,42)(H2,37,38,43,44). The molecule has 1 fully saturated rings. The van der Waals surface area contributed by atoms with Crippen LogP contribution in [0.3, 0.4) is 0 Å². The van der Waals surface area contributed by atoms with E-state index in [9.17, 15) is 27.6 Å². The molecule has 0 spiro atoms. The molecule has 49 heavy (non-hydrogen) atoms. The number of likely N-dealkylation sites (tertiary alicyclic amines) is 1. The van der Waals surface area contributed by atoms with Gasteiger partial charge in [-0.1, -0.05) is 66.2 Å². The lowest BCUT2D eigenvalue weighted by Gasteiger charge is -2.38. The molecule has 1 saturated heterocycles. The number of nitrogens with one attached hydrogen (secondary N) is 4. The highest BCUT2D eigenvalue weighted by Crippen LogP contribution is 2.44. The van der Waals surface area contributed by atoms with Crippen LogP contribution in [0.2, 0.25) is 0 Å². The highest BCUT2D eigenvalue weighted by atomic mass is 32.2. The van der Waals surface area contributed by atoms with E-state index in [1.54, 1.807) is 12.1 Å². The SMILES string of the molecule is Cc1ccc(S(=O)(=O)NC2CCC(C(=O)NCn3cnc4c(=O)[nH]c(=O)[nH]c43)CN2C(=O)OCC2c3ccccc3-c3ccccc32)cc1. The van der Waals surface area contributed by atoms with E-state index in [4.69, 9.17) is 4.74 Å². The molecule has 14 nitrogen and oxygen atoms in total. The molecule has 1 aliphatic heterocycles. The monoisotopic (exact) mass is 683 g/mol. The topological polar surface area (TPSA) is 188 Å². The van der Waals surface area contributed by atoms with Crippen molar-refractivity contribution in [3.8, 4) is 11.1 Å². The average molecular weight is 684 g/mol. The van der Waals surface area contributed by atoms with Crippen LogP contribution in [0.5, 0.6) is 0 Å². The van der Waals surface area contributed by atoms with Crippen molar-refractivity contribution >= 4 is 33.2 Å². The number of fused-ring (bicyclic) bond motifs is 4.